The largest absolute Gasteiger partial charge is 0.492 e. The van der Waals surface area contributed by atoms with Crippen LogP contribution in [0.2, 0.25) is 0 Å². The highest BCUT2D eigenvalue weighted by atomic mass is 16.5. The minimum Gasteiger partial charge on any atom is -0.492 e. The molecule has 1 amide bonds. The summed E-state index contributed by atoms with van der Waals surface area (Å²) in [5.41, 5.74) is 0.719. The van der Waals surface area contributed by atoms with Crippen molar-refractivity contribution in [3.8, 4) is 5.75 Å². The molecule has 1 spiro atoms. The number of hydrogen-bond acceptors (Lipinski definition) is 6. The van der Waals surface area contributed by atoms with E-state index in [0.717, 1.165) is 37.5 Å². The normalized spacial score (nSPS) is 27.3. The van der Waals surface area contributed by atoms with E-state index in [1.807, 2.05) is 23.1 Å². The molecule has 3 aliphatic heterocycles. The molecule has 1 N–H and O–H groups in total. The Labute approximate surface area is 154 Å². The van der Waals surface area contributed by atoms with E-state index in [1.54, 1.807) is 0 Å². The highest BCUT2D eigenvalue weighted by Gasteiger charge is 2.39. The number of amides is 1. The Morgan fingerprint density at radius 1 is 1.19 bits per heavy atom. The molecule has 142 valence electrons. The number of para-hydroxylation sites is 1. The second kappa shape index (κ2) is 7.92. The number of rotatable bonds is 2. The van der Waals surface area contributed by atoms with Crippen molar-refractivity contribution in [2.45, 2.75) is 12.1 Å². The predicted molar refractivity (Wildman–Crippen MR) is 96.2 cm³/mol. The molecule has 0 bridgehead atoms. The Balaban J connectivity index is 1.38. The average Bonchev–Trinajstić information content (AvgIpc) is 3.00. The molecule has 7 heteroatoms. The lowest BCUT2D eigenvalue weighted by Gasteiger charge is -2.42. The number of morpholine rings is 1. The van der Waals surface area contributed by atoms with Crippen LogP contribution in [0.3, 0.4) is 0 Å². The molecule has 3 heterocycles. The maximum Gasteiger partial charge on any atom is 0.236 e. The molecule has 7 nitrogen and oxygen atoms in total. The summed E-state index contributed by atoms with van der Waals surface area (Å²) >= 11 is 0. The Hall–Kier alpha value is -1.67. The van der Waals surface area contributed by atoms with Crippen molar-refractivity contribution in [3.05, 3.63) is 29.8 Å². The number of nitrogens with zero attached hydrogens (tertiary/aromatic N) is 2. The molecule has 2 saturated heterocycles. The summed E-state index contributed by atoms with van der Waals surface area (Å²) in [7, 11) is 0. The minimum absolute atomic E-state index is 0.149. The van der Waals surface area contributed by atoms with Gasteiger partial charge in [0.05, 0.1) is 32.9 Å². The third-order valence-electron chi connectivity index (χ3n) is 5.23. The van der Waals surface area contributed by atoms with Gasteiger partial charge in [0.1, 0.15) is 18.0 Å². The second-order valence-electron chi connectivity index (χ2n) is 7.24. The zero-order chi connectivity index (χ0) is 17.8. The van der Waals surface area contributed by atoms with Gasteiger partial charge in [-0.25, -0.2) is 0 Å². The molecule has 1 atom stereocenters. The van der Waals surface area contributed by atoms with Crippen molar-refractivity contribution in [2.24, 2.45) is 0 Å². The van der Waals surface area contributed by atoms with Crippen LogP contribution in [-0.4, -0.2) is 87.0 Å². The number of carbonyl (C=O) groups is 1. The van der Waals surface area contributed by atoms with Gasteiger partial charge in [0.25, 0.3) is 0 Å². The molecular formula is C19H27N3O4. The summed E-state index contributed by atoms with van der Waals surface area (Å²) in [6, 6.07) is 8.05. The molecule has 4 rings (SSSR count). The topological polar surface area (TPSA) is 63.3 Å². The van der Waals surface area contributed by atoms with E-state index in [9.17, 15) is 4.79 Å². The third kappa shape index (κ3) is 4.01. The molecule has 0 radical (unpaired) electrons. The lowest BCUT2D eigenvalue weighted by molar-refractivity contribution is -0.159. The number of ether oxygens (including phenoxy) is 3. The minimum atomic E-state index is -0.418. The number of carbonyl (C=O) groups excluding carboxylic acids is 1. The zero-order valence-corrected chi connectivity index (χ0v) is 15.1. The Kier molecular flexibility index (Phi) is 5.40. The summed E-state index contributed by atoms with van der Waals surface area (Å²) in [5.74, 6) is 1.07. The molecule has 1 aromatic rings. The van der Waals surface area contributed by atoms with Gasteiger partial charge in [0.2, 0.25) is 5.91 Å². The van der Waals surface area contributed by atoms with E-state index in [0.29, 0.717) is 46.1 Å². The third-order valence-corrected chi connectivity index (χ3v) is 5.23. The zero-order valence-electron chi connectivity index (χ0n) is 15.1. The molecule has 0 aliphatic carbocycles. The van der Waals surface area contributed by atoms with Gasteiger partial charge in [0.15, 0.2) is 0 Å². The summed E-state index contributed by atoms with van der Waals surface area (Å²) in [4.78, 5) is 17.0. The van der Waals surface area contributed by atoms with E-state index < -0.39 is 5.60 Å². The van der Waals surface area contributed by atoms with Crippen molar-refractivity contribution in [3.63, 3.8) is 0 Å². The van der Waals surface area contributed by atoms with Crippen molar-refractivity contribution in [2.75, 3.05) is 65.7 Å². The van der Waals surface area contributed by atoms with Crippen molar-refractivity contribution in [1.29, 1.82) is 0 Å². The highest BCUT2D eigenvalue weighted by Crippen LogP contribution is 2.23. The maximum atomic E-state index is 12.9. The van der Waals surface area contributed by atoms with Crippen LogP contribution in [-0.2, 0) is 20.8 Å². The predicted octanol–water partition coefficient (Wildman–Crippen LogP) is 0.0984. The van der Waals surface area contributed by atoms with Gasteiger partial charge in [-0.15, -0.1) is 0 Å². The summed E-state index contributed by atoms with van der Waals surface area (Å²) in [5, 5.41) is 3.35. The number of hydrogen-bond donors (Lipinski definition) is 1. The highest BCUT2D eigenvalue weighted by molar-refractivity contribution is 5.78. The van der Waals surface area contributed by atoms with E-state index in [1.165, 1.54) is 0 Å². The first-order chi connectivity index (χ1) is 12.7. The van der Waals surface area contributed by atoms with Crippen molar-refractivity contribution < 1.29 is 19.0 Å². The Morgan fingerprint density at radius 3 is 3.08 bits per heavy atom. The standard InChI is InChI=1S/C19H27N3O4/c23-18(12-21-6-9-25-17-4-2-1-3-16(17)11-21)22-7-10-26-19(14-22)13-20-5-8-24-15-19/h1-4,20H,5-15H2. The Morgan fingerprint density at radius 2 is 2.12 bits per heavy atom. The van der Waals surface area contributed by atoms with Gasteiger partial charge >= 0.3 is 0 Å². The first-order valence-corrected chi connectivity index (χ1v) is 9.37. The van der Waals surface area contributed by atoms with Gasteiger partial charge in [-0.3, -0.25) is 9.69 Å². The molecule has 1 unspecified atom stereocenters. The van der Waals surface area contributed by atoms with Crippen LogP contribution in [0.4, 0.5) is 0 Å². The van der Waals surface area contributed by atoms with Crippen LogP contribution in [0.5, 0.6) is 5.75 Å². The molecule has 0 saturated carbocycles. The first kappa shape index (κ1) is 17.7. The number of fused-ring (bicyclic) bond motifs is 1. The van der Waals surface area contributed by atoms with E-state index in [4.69, 9.17) is 14.2 Å². The fraction of sp³-hybridized carbons (Fsp3) is 0.632. The molecule has 1 aromatic carbocycles. The van der Waals surface area contributed by atoms with Gasteiger partial charge in [0, 0.05) is 38.3 Å². The Bertz CT molecular complexity index is 631. The van der Waals surface area contributed by atoms with Gasteiger partial charge in [-0.05, 0) is 6.07 Å². The molecule has 0 aromatic heterocycles. The van der Waals surface area contributed by atoms with Crippen LogP contribution >= 0.6 is 0 Å². The molecule has 26 heavy (non-hydrogen) atoms. The molecular weight excluding hydrogens is 334 g/mol. The number of nitrogens with one attached hydrogen (secondary N) is 1. The quantitative estimate of drug-likeness (QED) is 0.806. The average molecular weight is 361 g/mol. The van der Waals surface area contributed by atoms with Crippen molar-refractivity contribution >= 4 is 5.91 Å². The summed E-state index contributed by atoms with van der Waals surface area (Å²) in [6.07, 6.45) is 0. The second-order valence-corrected chi connectivity index (χ2v) is 7.24. The van der Waals surface area contributed by atoms with E-state index >= 15 is 0 Å². The fourth-order valence-electron chi connectivity index (χ4n) is 3.83. The van der Waals surface area contributed by atoms with Gasteiger partial charge in [-0.1, -0.05) is 18.2 Å². The fourth-order valence-corrected chi connectivity index (χ4v) is 3.83. The molecule has 2 fully saturated rings. The van der Waals surface area contributed by atoms with Crippen molar-refractivity contribution in [1.82, 2.24) is 15.1 Å². The molecule has 3 aliphatic rings. The smallest absolute Gasteiger partial charge is 0.236 e. The van der Waals surface area contributed by atoms with E-state index in [-0.39, 0.29) is 5.91 Å². The lowest BCUT2D eigenvalue weighted by atomic mass is 10.0. The van der Waals surface area contributed by atoms with Gasteiger partial charge < -0.3 is 24.4 Å². The van der Waals surface area contributed by atoms with Crippen LogP contribution in [0.25, 0.3) is 0 Å². The summed E-state index contributed by atoms with van der Waals surface area (Å²) in [6.45, 7) is 7.05. The van der Waals surface area contributed by atoms with Crippen LogP contribution in [0, 0.1) is 0 Å². The van der Waals surface area contributed by atoms with Gasteiger partial charge in [-0.2, -0.15) is 0 Å². The lowest BCUT2D eigenvalue weighted by Crippen LogP contribution is -2.60. The van der Waals surface area contributed by atoms with Crippen LogP contribution < -0.4 is 10.1 Å². The van der Waals surface area contributed by atoms with Crippen LogP contribution in [0.15, 0.2) is 24.3 Å². The van der Waals surface area contributed by atoms with E-state index in [2.05, 4.69) is 16.3 Å². The number of benzene rings is 1. The maximum absolute atomic E-state index is 12.9. The summed E-state index contributed by atoms with van der Waals surface area (Å²) < 4.78 is 17.5. The monoisotopic (exact) mass is 361 g/mol. The van der Waals surface area contributed by atoms with Crippen LogP contribution in [0.1, 0.15) is 5.56 Å². The first-order valence-electron chi connectivity index (χ1n) is 9.37. The SMILES string of the molecule is O=C(CN1CCOc2ccccc2C1)N1CCOC2(CNCCOC2)C1.